The largest absolute Gasteiger partial charge is 1.00 e. The number of halogens is 1. The minimum Gasteiger partial charge on any atom is -0.870 e. The Hall–Kier alpha value is -7.36. The number of carboxylic acid groups (broad SMARTS) is 2. The molecule has 0 spiro atoms. The first kappa shape index (κ1) is 86.4. The second kappa shape index (κ2) is 42.4. The maximum Gasteiger partial charge on any atom is 1.00 e. The summed E-state index contributed by atoms with van der Waals surface area (Å²) >= 11 is 2.15. The zero-order chi connectivity index (χ0) is 65.6. The number of carboxylic acids is 2. The number of hydrogen-bond acceptors (Lipinski definition) is 16. The van der Waals surface area contributed by atoms with Gasteiger partial charge in [0.15, 0.2) is 34.7 Å². The molecule has 5 heterocycles. The molecule has 5 aromatic rings. The van der Waals surface area contributed by atoms with E-state index in [2.05, 4.69) is 57.9 Å². The van der Waals surface area contributed by atoms with Crippen LogP contribution in [-0.2, 0) is 48.1 Å². The molecular formula is C55H77IN7NaO20S. The number of nitrogens with one attached hydrogen (secondary N) is 3. The van der Waals surface area contributed by atoms with Crippen molar-refractivity contribution < 1.29 is 125 Å². The summed E-state index contributed by atoms with van der Waals surface area (Å²) in [4.78, 5) is 116. The third-order valence-electron chi connectivity index (χ3n) is 10.7. The van der Waals surface area contributed by atoms with Gasteiger partial charge in [0.25, 0.3) is 0 Å². The molecule has 0 unspecified atom stereocenters. The fraction of sp³-hybridized carbons (Fsp3) is 0.345. The van der Waals surface area contributed by atoms with E-state index in [1.807, 2.05) is 4.93 Å². The number of aromatic amines is 1. The van der Waals surface area contributed by atoms with E-state index >= 15 is 0 Å². The van der Waals surface area contributed by atoms with Gasteiger partial charge in [-0.05, 0) is 70.1 Å². The maximum atomic E-state index is 11.4. The number of nitrogens with zero attached hydrogens (tertiary/aromatic N) is 4. The van der Waals surface area contributed by atoms with Crippen LogP contribution in [0.4, 0.5) is 21.0 Å². The molecule has 0 bridgehead atoms. The van der Waals surface area contributed by atoms with E-state index in [1.54, 1.807) is 95.1 Å². The third-order valence-corrected chi connectivity index (χ3v) is 10.7. The summed E-state index contributed by atoms with van der Waals surface area (Å²) in [6.45, 7) is 27.9. The number of alkyl halides is 1. The minimum atomic E-state index is -4.67. The predicted molar refractivity (Wildman–Crippen MR) is 324 cm³/mol. The minimum absolute atomic E-state index is 0. The number of rotatable bonds is 15. The number of aliphatic hydroxyl groups is 1. The Balaban J connectivity index is -0.000000300. The Morgan fingerprint density at radius 2 is 0.835 bits per heavy atom. The standard InChI is InChI=1S/C12H16N2O3.C11H14N2O4.C10H13NO2.C9H11NO3.C9H11NO2.C3H6O.CH3I.Na.H2O4S.H2O/c1-5-6-17-12(16)13-10-7-14(4)11(8(10)2)9(3)15;1-4-5-17-11(16)12-8-6-13(3)9(7(8)2)10(14)15;1-6-9(7(2)12)5-11(4)10(6)8(3)13;1-5-7(9(12)13)4-10(3)8(5)6(2)11;1-5-8(6(2)11)4-10-9(5)7(3)12;1-2-3-4;1-2;;1-5(2,3)4;/h5,7H,1,6H2,2-4H3,(H,13,16);4,6H,1,5H2,2-3H3,(H,12,16)(H,14,15);5H,1-4H3;4H,1-3H3,(H,12,13);4,10H,1-3H3;2,4H,1,3H2;1H3;;(H2,1,2,3,4);1H2/q;;;;;;;+1;;/p-1. The molecule has 9 N–H and O–H groups in total. The van der Waals surface area contributed by atoms with Gasteiger partial charge < -0.3 is 53.5 Å². The Labute approximate surface area is 529 Å². The van der Waals surface area contributed by atoms with Crippen LogP contribution in [0.5, 0.6) is 0 Å². The number of ketones is 6. The Morgan fingerprint density at radius 1 is 0.529 bits per heavy atom. The second-order valence-corrected chi connectivity index (χ2v) is 18.0. The molecule has 466 valence electrons. The Bertz CT molecular complexity index is 3070. The van der Waals surface area contributed by atoms with Crippen LogP contribution in [0, 0.1) is 34.6 Å². The molecule has 30 heteroatoms. The van der Waals surface area contributed by atoms with Gasteiger partial charge in [0.2, 0.25) is 0 Å². The zero-order valence-electron chi connectivity index (χ0n) is 50.8. The van der Waals surface area contributed by atoms with Gasteiger partial charge in [-0.15, -0.1) is 6.58 Å². The summed E-state index contributed by atoms with van der Waals surface area (Å²) in [6, 6.07) is 0. The van der Waals surface area contributed by atoms with Crippen LogP contribution in [0.25, 0.3) is 0 Å². The Morgan fingerprint density at radius 3 is 1.05 bits per heavy atom. The number of carbonyl (C=O) groups excluding carboxylic acids is 8. The quantitative estimate of drug-likeness (QED) is 0.0146. The van der Waals surface area contributed by atoms with Crippen molar-refractivity contribution in [2.24, 2.45) is 28.2 Å². The van der Waals surface area contributed by atoms with Crippen molar-refractivity contribution >= 4 is 103 Å². The number of amides is 2. The van der Waals surface area contributed by atoms with Gasteiger partial charge in [-0.25, -0.2) is 19.2 Å². The molecule has 2 amide bonds. The summed E-state index contributed by atoms with van der Waals surface area (Å²) in [5.74, 6) is -2.27. The Kier molecular flexibility index (Phi) is 43.2. The molecular weight excluding hydrogens is 1260 g/mol. The van der Waals surface area contributed by atoms with Crippen LogP contribution >= 0.6 is 22.6 Å². The molecule has 5 rings (SSSR count). The molecule has 0 radical (unpaired) electrons. The number of aliphatic hydroxyl groups excluding tert-OH is 1. The van der Waals surface area contributed by atoms with Crippen molar-refractivity contribution in [3.8, 4) is 0 Å². The molecule has 0 aliphatic carbocycles. The molecule has 0 saturated heterocycles. The van der Waals surface area contributed by atoms with Gasteiger partial charge in [-0.3, -0.25) is 48.5 Å². The van der Waals surface area contributed by atoms with Crippen LogP contribution in [0.15, 0.2) is 68.9 Å². The van der Waals surface area contributed by atoms with Crippen molar-refractivity contribution in [2.45, 2.75) is 76.2 Å². The van der Waals surface area contributed by atoms with Crippen molar-refractivity contribution in [3.05, 3.63) is 142 Å². The summed E-state index contributed by atoms with van der Waals surface area (Å²) < 4.78 is 47.5. The van der Waals surface area contributed by atoms with Crippen molar-refractivity contribution in [1.29, 1.82) is 0 Å². The first-order chi connectivity index (χ1) is 38.3. The third kappa shape index (κ3) is 30.3. The van der Waals surface area contributed by atoms with Crippen molar-refractivity contribution in [1.82, 2.24) is 23.3 Å². The summed E-state index contributed by atoms with van der Waals surface area (Å²) in [7, 11) is 2.12. The summed E-state index contributed by atoms with van der Waals surface area (Å²) in [5.41, 5.74) is 7.98. The number of anilines is 2. The van der Waals surface area contributed by atoms with E-state index in [4.69, 9.17) is 42.3 Å². The zero-order valence-corrected chi connectivity index (χ0v) is 55.8. The van der Waals surface area contributed by atoms with Crippen LogP contribution in [0.1, 0.15) is 153 Å². The molecule has 0 aliphatic rings. The average Bonchev–Trinajstić information content (AvgIpc) is 4.23. The molecule has 0 aliphatic heterocycles. The summed E-state index contributed by atoms with van der Waals surface area (Å²) in [5, 5.41) is 30.5. The molecule has 27 nitrogen and oxygen atoms in total. The van der Waals surface area contributed by atoms with E-state index in [-0.39, 0.29) is 101 Å². The second-order valence-electron chi connectivity index (χ2n) is 17.1. The van der Waals surface area contributed by atoms with E-state index in [9.17, 15) is 47.9 Å². The fourth-order valence-corrected chi connectivity index (χ4v) is 7.45. The first-order valence-electron chi connectivity index (χ1n) is 24.0. The van der Waals surface area contributed by atoms with Crippen LogP contribution in [-0.4, -0.2) is 145 Å². The topological polar surface area (TPSA) is 414 Å². The van der Waals surface area contributed by atoms with Gasteiger partial charge in [0.05, 0.1) is 46.3 Å². The van der Waals surface area contributed by atoms with E-state index in [0.717, 1.165) is 16.7 Å². The SMILES string of the molecule is C=CCO.C=CCOC(=O)Nc1cn(C)c(C(=O)O)c1C.C=CCOC(=O)Nc1cn(C)c(C(C)=O)c1C.CC(=O)c1c(C)c(C(=O)O)cn1C.CC(=O)c1c[nH]c(C(C)=O)c1C.CC(=O)c1cn(C)c(C(C)=O)c1C.CI.O=S(=O)(O)O.[Na+].[OH-]. The van der Waals surface area contributed by atoms with Gasteiger partial charge in [-0.2, -0.15) is 8.42 Å². The molecule has 0 atom stereocenters. The monoisotopic (exact) mass is 1340 g/mol. The smallest absolute Gasteiger partial charge is 0.870 e. The molecule has 85 heavy (non-hydrogen) atoms. The number of carbonyl (C=O) groups is 10. The van der Waals surface area contributed by atoms with Crippen LogP contribution < -0.4 is 40.2 Å². The van der Waals surface area contributed by atoms with Gasteiger partial charge in [-0.1, -0.05) is 54.0 Å². The van der Waals surface area contributed by atoms with E-state index in [0.29, 0.717) is 56.4 Å². The number of hydrogen-bond donors (Lipinski definition) is 8. The number of H-pyrrole nitrogens is 1. The first-order valence-corrected chi connectivity index (χ1v) is 27.6. The molecule has 0 aromatic carbocycles. The predicted octanol–water partition coefficient (Wildman–Crippen LogP) is 6.13. The van der Waals surface area contributed by atoms with Gasteiger partial charge in [0, 0.05) is 109 Å². The van der Waals surface area contributed by atoms with Crippen molar-refractivity contribution in [3.63, 3.8) is 0 Å². The molecule has 0 fully saturated rings. The molecule has 0 saturated carbocycles. The van der Waals surface area contributed by atoms with E-state index < -0.39 is 34.5 Å². The number of aromatic nitrogens is 5. The van der Waals surface area contributed by atoms with Crippen LogP contribution in [0.3, 0.4) is 0 Å². The van der Waals surface area contributed by atoms with E-state index in [1.165, 1.54) is 76.7 Å². The maximum absolute atomic E-state index is 11.4. The number of aromatic carboxylic acids is 2. The van der Waals surface area contributed by atoms with Gasteiger partial charge >= 0.3 is 64.1 Å². The number of ether oxygens (including phenoxy) is 2. The van der Waals surface area contributed by atoms with Crippen molar-refractivity contribution in [2.75, 3.05) is 35.4 Å². The fourth-order valence-electron chi connectivity index (χ4n) is 7.45. The average molecular weight is 1340 g/mol. The summed E-state index contributed by atoms with van der Waals surface area (Å²) in [6.07, 6.45) is 11.1. The van der Waals surface area contributed by atoms with Gasteiger partial charge in [0.1, 0.15) is 18.9 Å². The number of Topliss-reactive ketones (excluding diaryl/α,β-unsaturated/α-hetero) is 6. The normalized spacial score (nSPS) is 9.46. The van der Waals surface area contributed by atoms with Crippen LogP contribution in [0.2, 0.25) is 0 Å². The molecule has 5 aromatic heterocycles. The number of aryl methyl sites for hydroxylation is 4.